The zero-order valence-electron chi connectivity index (χ0n) is 11.1. The molecule has 0 bridgehead atoms. The largest absolute Gasteiger partial charge is 0.383 e. The summed E-state index contributed by atoms with van der Waals surface area (Å²) in [5, 5.41) is 4.90. The number of aromatic nitrogens is 4. The molecule has 0 saturated carbocycles. The van der Waals surface area contributed by atoms with Gasteiger partial charge in [-0.25, -0.2) is 9.97 Å². The minimum absolute atomic E-state index is 0.210. The molecule has 1 unspecified atom stereocenters. The number of anilines is 1. The maximum absolute atomic E-state index is 5.88. The van der Waals surface area contributed by atoms with Crippen LogP contribution in [0.3, 0.4) is 0 Å². The Morgan fingerprint density at radius 1 is 1.44 bits per heavy atom. The quantitative estimate of drug-likeness (QED) is 0.871. The third kappa shape index (κ3) is 2.59. The summed E-state index contributed by atoms with van der Waals surface area (Å²) in [6.45, 7) is 4.57. The zero-order chi connectivity index (χ0) is 13.1. The van der Waals surface area contributed by atoms with Crippen LogP contribution in [0.5, 0.6) is 0 Å². The molecule has 2 N–H and O–H groups in total. The predicted molar refractivity (Wildman–Crippen MR) is 69.9 cm³/mol. The van der Waals surface area contributed by atoms with Crippen LogP contribution in [0.1, 0.15) is 32.5 Å². The van der Waals surface area contributed by atoms with Crippen LogP contribution in [0.2, 0.25) is 0 Å². The standard InChI is InChI=1S/C12H19N5O/c1-4-5-8(2)18-7-10-15-11(13)9-6-14-17(3)12(9)16-10/h6,8H,4-5,7H2,1-3H3,(H2,13,15,16). The highest BCUT2D eigenvalue weighted by Gasteiger charge is 2.10. The van der Waals surface area contributed by atoms with Gasteiger partial charge in [-0.05, 0) is 13.3 Å². The predicted octanol–water partition coefficient (Wildman–Crippen LogP) is 1.65. The van der Waals surface area contributed by atoms with E-state index in [0.717, 1.165) is 23.9 Å². The van der Waals surface area contributed by atoms with Crippen molar-refractivity contribution in [2.75, 3.05) is 5.73 Å². The summed E-state index contributed by atoms with van der Waals surface area (Å²) in [4.78, 5) is 8.65. The number of ether oxygens (including phenoxy) is 1. The minimum atomic E-state index is 0.210. The molecule has 0 saturated heterocycles. The first kappa shape index (κ1) is 12.8. The highest BCUT2D eigenvalue weighted by molar-refractivity contribution is 5.84. The van der Waals surface area contributed by atoms with Gasteiger partial charge < -0.3 is 10.5 Å². The van der Waals surface area contributed by atoms with E-state index in [9.17, 15) is 0 Å². The molecule has 18 heavy (non-hydrogen) atoms. The van der Waals surface area contributed by atoms with Crippen molar-refractivity contribution in [1.82, 2.24) is 19.7 Å². The lowest BCUT2D eigenvalue weighted by Gasteiger charge is -2.11. The van der Waals surface area contributed by atoms with Crippen LogP contribution in [-0.4, -0.2) is 25.9 Å². The SMILES string of the molecule is CCCC(C)OCc1nc(N)c2cnn(C)c2n1. The van der Waals surface area contributed by atoms with Crippen LogP contribution < -0.4 is 5.73 Å². The first-order valence-electron chi connectivity index (χ1n) is 6.17. The molecule has 0 fully saturated rings. The molecule has 0 aliphatic carbocycles. The van der Waals surface area contributed by atoms with E-state index in [2.05, 4.69) is 28.9 Å². The fourth-order valence-corrected chi connectivity index (χ4v) is 1.86. The molecule has 0 spiro atoms. The van der Waals surface area contributed by atoms with Gasteiger partial charge in [0.25, 0.3) is 0 Å². The molecule has 6 heteroatoms. The fraction of sp³-hybridized carbons (Fsp3) is 0.583. The van der Waals surface area contributed by atoms with Gasteiger partial charge in [-0.15, -0.1) is 0 Å². The van der Waals surface area contributed by atoms with E-state index in [1.165, 1.54) is 0 Å². The van der Waals surface area contributed by atoms with Gasteiger partial charge in [0, 0.05) is 7.05 Å². The number of nitrogens with zero attached hydrogens (tertiary/aromatic N) is 4. The number of hydrogen-bond donors (Lipinski definition) is 1. The van der Waals surface area contributed by atoms with Gasteiger partial charge in [-0.2, -0.15) is 5.10 Å². The Balaban J connectivity index is 2.16. The molecule has 2 rings (SSSR count). The summed E-state index contributed by atoms with van der Waals surface area (Å²) in [5.41, 5.74) is 6.62. The molecule has 1 atom stereocenters. The van der Waals surface area contributed by atoms with Crippen molar-refractivity contribution < 1.29 is 4.74 Å². The molecule has 2 aromatic rings. The van der Waals surface area contributed by atoms with Crippen LogP contribution >= 0.6 is 0 Å². The van der Waals surface area contributed by atoms with E-state index < -0.39 is 0 Å². The third-order valence-corrected chi connectivity index (χ3v) is 2.86. The smallest absolute Gasteiger partial charge is 0.163 e. The molecule has 0 amide bonds. The van der Waals surface area contributed by atoms with Gasteiger partial charge in [0.15, 0.2) is 11.5 Å². The lowest BCUT2D eigenvalue weighted by molar-refractivity contribution is 0.0433. The topological polar surface area (TPSA) is 78.9 Å². The Morgan fingerprint density at radius 2 is 2.22 bits per heavy atom. The van der Waals surface area contributed by atoms with Crippen LogP contribution in [0.4, 0.5) is 5.82 Å². The number of aryl methyl sites for hydroxylation is 1. The van der Waals surface area contributed by atoms with Crippen molar-refractivity contribution in [2.45, 2.75) is 39.4 Å². The second-order valence-electron chi connectivity index (χ2n) is 4.44. The summed E-state index contributed by atoms with van der Waals surface area (Å²) in [7, 11) is 1.83. The monoisotopic (exact) mass is 249 g/mol. The summed E-state index contributed by atoms with van der Waals surface area (Å²) < 4.78 is 7.37. The summed E-state index contributed by atoms with van der Waals surface area (Å²) >= 11 is 0. The molecule has 0 aliphatic heterocycles. The van der Waals surface area contributed by atoms with Crippen molar-refractivity contribution >= 4 is 16.9 Å². The van der Waals surface area contributed by atoms with Gasteiger partial charge in [-0.1, -0.05) is 13.3 Å². The van der Waals surface area contributed by atoms with Gasteiger partial charge in [-0.3, -0.25) is 4.68 Å². The third-order valence-electron chi connectivity index (χ3n) is 2.86. The highest BCUT2D eigenvalue weighted by atomic mass is 16.5. The fourth-order valence-electron chi connectivity index (χ4n) is 1.86. The number of nitrogens with two attached hydrogens (primary N) is 1. The normalized spacial score (nSPS) is 13.1. The summed E-state index contributed by atoms with van der Waals surface area (Å²) in [6.07, 6.45) is 4.02. The van der Waals surface area contributed by atoms with E-state index >= 15 is 0 Å². The Bertz CT molecular complexity index is 536. The van der Waals surface area contributed by atoms with E-state index in [1.54, 1.807) is 10.9 Å². The van der Waals surface area contributed by atoms with Crippen molar-refractivity contribution in [3.05, 3.63) is 12.0 Å². The number of rotatable bonds is 5. The molecule has 98 valence electrons. The second-order valence-corrected chi connectivity index (χ2v) is 4.44. The van der Waals surface area contributed by atoms with Gasteiger partial charge >= 0.3 is 0 Å². The van der Waals surface area contributed by atoms with Gasteiger partial charge in [0.2, 0.25) is 0 Å². The zero-order valence-corrected chi connectivity index (χ0v) is 11.1. The Kier molecular flexibility index (Phi) is 3.76. The number of hydrogen-bond acceptors (Lipinski definition) is 5. The maximum atomic E-state index is 5.88. The minimum Gasteiger partial charge on any atom is -0.383 e. The van der Waals surface area contributed by atoms with Crippen molar-refractivity contribution in [3.8, 4) is 0 Å². The molecule has 0 aromatic carbocycles. The first-order valence-corrected chi connectivity index (χ1v) is 6.17. The van der Waals surface area contributed by atoms with Crippen molar-refractivity contribution in [2.24, 2.45) is 7.05 Å². The Morgan fingerprint density at radius 3 is 2.94 bits per heavy atom. The molecule has 0 radical (unpaired) electrons. The Hall–Kier alpha value is -1.69. The van der Waals surface area contributed by atoms with Gasteiger partial charge in [0.1, 0.15) is 12.4 Å². The highest BCUT2D eigenvalue weighted by Crippen LogP contribution is 2.17. The molecule has 2 heterocycles. The van der Waals surface area contributed by atoms with E-state index in [1.807, 2.05) is 7.05 Å². The average Bonchev–Trinajstić information content (AvgIpc) is 2.70. The second kappa shape index (κ2) is 5.30. The first-order chi connectivity index (χ1) is 8.61. The molecule has 0 aliphatic rings. The van der Waals surface area contributed by atoms with Crippen LogP contribution in [0.15, 0.2) is 6.20 Å². The van der Waals surface area contributed by atoms with E-state index in [0.29, 0.717) is 18.2 Å². The molecule has 2 aromatic heterocycles. The molecular formula is C12H19N5O. The van der Waals surface area contributed by atoms with Crippen LogP contribution in [0.25, 0.3) is 11.0 Å². The lowest BCUT2D eigenvalue weighted by atomic mass is 10.2. The van der Waals surface area contributed by atoms with Crippen molar-refractivity contribution in [1.29, 1.82) is 0 Å². The Labute approximate surface area is 106 Å². The summed E-state index contributed by atoms with van der Waals surface area (Å²) in [5.74, 6) is 1.06. The van der Waals surface area contributed by atoms with Crippen LogP contribution in [-0.2, 0) is 18.4 Å². The van der Waals surface area contributed by atoms with Crippen molar-refractivity contribution in [3.63, 3.8) is 0 Å². The lowest BCUT2D eigenvalue weighted by Crippen LogP contribution is -2.10. The van der Waals surface area contributed by atoms with Gasteiger partial charge in [0.05, 0.1) is 17.7 Å². The average molecular weight is 249 g/mol. The summed E-state index contributed by atoms with van der Waals surface area (Å²) in [6, 6.07) is 0. The van der Waals surface area contributed by atoms with E-state index in [4.69, 9.17) is 10.5 Å². The molecule has 6 nitrogen and oxygen atoms in total. The maximum Gasteiger partial charge on any atom is 0.163 e. The number of nitrogen functional groups attached to an aromatic ring is 1. The molecular weight excluding hydrogens is 230 g/mol. The van der Waals surface area contributed by atoms with Crippen LogP contribution in [0, 0.1) is 0 Å². The van der Waals surface area contributed by atoms with E-state index in [-0.39, 0.29) is 6.10 Å². The number of fused-ring (bicyclic) bond motifs is 1.